The number of urea groups is 1. The van der Waals surface area contributed by atoms with Gasteiger partial charge in [0.05, 0.1) is 11.0 Å². The fourth-order valence-electron chi connectivity index (χ4n) is 2.91. The van der Waals surface area contributed by atoms with Crippen molar-refractivity contribution in [2.24, 2.45) is 5.41 Å². The number of carbonyl (C=O) groups excluding carboxylic acids is 1. The topological polar surface area (TPSA) is 87.7 Å². The van der Waals surface area contributed by atoms with Crippen LogP contribution in [0.25, 0.3) is 0 Å². The number of aliphatic carboxylic acids is 1. The van der Waals surface area contributed by atoms with Gasteiger partial charge < -0.3 is 20.5 Å². The molecule has 1 saturated carbocycles. The van der Waals surface area contributed by atoms with Gasteiger partial charge in [-0.05, 0) is 39.5 Å². The molecule has 1 aliphatic carbocycles. The SMILES string of the molecule is CC1(C)CC(NC(=O)NCC2(C(=O)O)CCC2)CCO1. The minimum atomic E-state index is -0.809. The monoisotopic (exact) mass is 284 g/mol. The number of ether oxygens (including phenoxy) is 1. The summed E-state index contributed by atoms with van der Waals surface area (Å²) in [5, 5.41) is 14.8. The molecule has 0 spiro atoms. The highest BCUT2D eigenvalue weighted by atomic mass is 16.5. The van der Waals surface area contributed by atoms with E-state index in [9.17, 15) is 14.7 Å². The third kappa shape index (κ3) is 3.42. The van der Waals surface area contributed by atoms with Crippen LogP contribution in [0, 0.1) is 5.41 Å². The third-order valence-electron chi connectivity index (χ3n) is 4.38. The second-order valence-electron chi connectivity index (χ2n) is 6.56. The van der Waals surface area contributed by atoms with Crippen LogP contribution in [0.5, 0.6) is 0 Å². The molecule has 2 fully saturated rings. The van der Waals surface area contributed by atoms with E-state index in [4.69, 9.17) is 4.74 Å². The van der Waals surface area contributed by atoms with Crippen LogP contribution in [-0.4, -0.2) is 41.9 Å². The number of carbonyl (C=O) groups is 2. The highest BCUT2D eigenvalue weighted by Gasteiger charge is 2.44. The average molecular weight is 284 g/mol. The first-order valence-corrected chi connectivity index (χ1v) is 7.25. The summed E-state index contributed by atoms with van der Waals surface area (Å²) in [7, 11) is 0. The lowest BCUT2D eigenvalue weighted by Gasteiger charge is -2.38. The van der Waals surface area contributed by atoms with Crippen LogP contribution in [0.15, 0.2) is 0 Å². The van der Waals surface area contributed by atoms with Crippen LogP contribution in [0.2, 0.25) is 0 Å². The molecule has 1 saturated heterocycles. The number of rotatable bonds is 4. The zero-order valence-corrected chi connectivity index (χ0v) is 12.2. The van der Waals surface area contributed by atoms with E-state index in [2.05, 4.69) is 10.6 Å². The van der Waals surface area contributed by atoms with E-state index < -0.39 is 11.4 Å². The Labute approximate surface area is 119 Å². The molecule has 1 atom stereocenters. The molecule has 2 amide bonds. The summed E-state index contributed by atoms with van der Waals surface area (Å²) in [4.78, 5) is 23.1. The number of hydrogen-bond donors (Lipinski definition) is 3. The highest BCUT2D eigenvalue weighted by molar-refractivity contribution is 5.79. The molecule has 0 aromatic rings. The van der Waals surface area contributed by atoms with Crippen molar-refractivity contribution >= 4 is 12.0 Å². The van der Waals surface area contributed by atoms with Gasteiger partial charge in [0, 0.05) is 19.2 Å². The van der Waals surface area contributed by atoms with E-state index in [1.165, 1.54) is 0 Å². The number of carboxylic acids is 1. The van der Waals surface area contributed by atoms with E-state index in [1.54, 1.807) is 0 Å². The molecule has 0 bridgehead atoms. The maximum absolute atomic E-state index is 11.9. The zero-order valence-electron chi connectivity index (χ0n) is 12.2. The minimum Gasteiger partial charge on any atom is -0.481 e. The highest BCUT2D eigenvalue weighted by Crippen LogP contribution is 2.40. The van der Waals surface area contributed by atoms with E-state index >= 15 is 0 Å². The Bertz CT molecular complexity index is 391. The van der Waals surface area contributed by atoms with Gasteiger partial charge in [0.2, 0.25) is 0 Å². The maximum atomic E-state index is 11.9. The largest absolute Gasteiger partial charge is 0.481 e. The quantitative estimate of drug-likeness (QED) is 0.730. The molecule has 6 nitrogen and oxygen atoms in total. The number of carboxylic acid groups (broad SMARTS) is 1. The van der Waals surface area contributed by atoms with Crippen LogP contribution in [0.3, 0.4) is 0 Å². The van der Waals surface area contributed by atoms with Crippen molar-refractivity contribution in [3.8, 4) is 0 Å². The first-order chi connectivity index (χ1) is 9.33. The van der Waals surface area contributed by atoms with Crippen molar-refractivity contribution in [2.75, 3.05) is 13.2 Å². The van der Waals surface area contributed by atoms with Gasteiger partial charge in [-0.25, -0.2) is 4.79 Å². The van der Waals surface area contributed by atoms with Crippen molar-refractivity contribution in [1.29, 1.82) is 0 Å². The molecule has 3 N–H and O–H groups in total. The lowest BCUT2D eigenvalue weighted by atomic mass is 9.69. The normalized spacial score (nSPS) is 27.2. The molecular weight excluding hydrogens is 260 g/mol. The van der Waals surface area contributed by atoms with Crippen molar-refractivity contribution in [3.05, 3.63) is 0 Å². The van der Waals surface area contributed by atoms with Gasteiger partial charge in [-0.2, -0.15) is 0 Å². The van der Waals surface area contributed by atoms with Gasteiger partial charge in [-0.1, -0.05) is 6.42 Å². The van der Waals surface area contributed by atoms with E-state index in [1.807, 2.05) is 13.8 Å². The van der Waals surface area contributed by atoms with Crippen molar-refractivity contribution < 1.29 is 19.4 Å². The van der Waals surface area contributed by atoms with E-state index in [-0.39, 0.29) is 24.2 Å². The zero-order chi connectivity index (χ0) is 14.8. The first-order valence-electron chi connectivity index (χ1n) is 7.25. The Morgan fingerprint density at radius 3 is 2.55 bits per heavy atom. The van der Waals surface area contributed by atoms with Gasteiger partial charge in [-0.3, -0.25) is 4.79 Å². The van der Waals surface area contributed by atoms with Crippen LogP contribution in [-0.2, 0) is 9.53 Å². The summed E-state index contributed by atoms with van der Waals surface area (Å²) in [5.41, 5.74) is -0.960. The number of amides is 2. The van der Waals surface area contributed by atoms with Crippen molar-refractivity contribution in [2.45, 2.75) is 57.6 Å². The van der Waals surface area contributed by atoms with Gasteiger partial charge >= 0.3 is 12.0 Å². The molecule has 1 aliphatic heterocycles. The maximum Gasteiger partial charge on any atom is 0.315 e. The minimum absolute atomic E-state index is 0.0842. The molecule has 20 heavy (non-hydrogen) atoms. The Morgan fingerprint density at radius 2 is 2.05 bits per heavy atom. The summed E-state index contributed by atoms with van der Waals surface area (Å²) < 4.78 is 5.60. The molecule has 0 aromatic heterocycles. The smallest absolute Gasteiger partial charge is 0.315 e. The summed E-state index contributed by atoms with van der Waals surface area (Å²) >= 11 is 0. The summed E-state index contributed by atoms with van der Waals surface area (Å²) in [6.07, 6.45) is 3.77. The second kappa shape index (κ2) is 5.60. The average Bonchev–Trinajstić information content (AvgIpc) is 2.25. The first kappa shape index (κ1) is 15.1. The van der Waals surface area contributed by atoms with Crippen molar-refractivity contribution in [3.63, 3.8) is 0 Å². The molecule has 0 radical (unpaired) electrons. The Hall–Kier alpha value is -1.30. The van der Waals surface area contributed by atoms with Gasteiger partial charge in [-0.15, -0.1) is 0 Å². The Morgan fingerprint density at radius 1 is 1.35 bits per heavy atom. The van der Waals surface area contributed by atoms with E-state index in [0.717, 1.165) is 19.3 Å². The van der Waals surface area contributed by atoms with Crippen LogP contribution in [0.4, 0.5) is 4.79 Å². The predicted molar refractivity (Wildman–Crippen MR) is 73.5 cm³/mol. The Balaban J connectivity index is 1.77. The summed E-state index contributed by atoms with van der Waals surface area (Å²) in [6.45, 7) is 4.86. The second-order valence-corrected chi connectivity index (χ2v) is 6.56. The van der Waals surface area contributed by atoms with Crippen molar-refractivity contribution in [1.82, 2.24) is 10.6 Å². The van der Waals surface area contributed by atoms with Gasteiger partial charge in [0.15, 0.2) is 0 Å². The molecule has 114 valence electrons. The summed E-state index contributed by atoms with van der Waals surface area (Å²) in [5.74, 6) is -0.809. The van der Waals surface area contributed by atoms with Crippen LogP contribution < -0.4 is 10.6 Å². The van der Waals surface area contributed by atoms with Crippen LogP contribution >= 0.6 is 0 Å². The van der Waals surface area contributed by atoms with Gasteiger partial charge in [0.1, 0.15) is 0 Å². The molecule has 2 rings (SSSR count). The fraction of sp³-hybridized carbons (Fsp3) is 0.857. The lowest BCUT2D eigenvalue weighted by molar-refractivity contribution is -0.153. The predicted octanol–water partition coefficient (Wildman–Crippen LogP) is 1.50. The van der Waals surface area contributed by atoms with E-state index in [0.29, 0.717) is 19.4 Å². The molecule has 1 heterocycles. The Kier molecular flexibility index (Phi) is 4.22. The fourth-order valence-corrected chi connectivity index (χ4v) is 2.91. The third-order valence-corrected chi connectivity index (χ3v) is 4.38. The molecular formula is C14H24N2O4. The molecule has 6 heteroatoms. The summed E-state index contributed by atoms with van der Waals surface area (Å²) in [6, 6.07) is -0.193. The molecule has 0 aromatic carbocycles. The molecule has 2 aliphatic rings. The molecule has 1 unspecified atom stereocenters. The van der Waals surface area contributed by atoms with Crippen LogP contribution in [0.1, 0.15) is 46.0 Å². The standard InChI is InChI=1S/C14H24N2O4/c1-13(2)8-10(4-7-20-13)16-12(19)15-9-14(11(17)18)5-3-6-14/h10H,3-9H2,1-2H3,(H,17,18)(H2,15,16,19). The number of hydrogen-bond acceptors (Lipinski definition) is 3. The lowest BCUT2D eigenvalue weighted by Crippen LogP contribution is -2.53. The number of nitrogens with one attached hydrogen (secondary N) is 2. The van der Waals surface area contributed by atoms with Gasteiger partial charge in [0.25, 0.3) is 0 Å².